The van der Waals surface area contributed by atoms with Crippen molar-refractivity contribution in [1.29, 1.82) is 0 Å². The summed E-state index contributed by atoms with van der Waals surface area (Å²) in [7, 11) is 0. The Bertz CT molecular complexity index is 663. The van der Waals surface area contributed by atoms with Gasteiger partial charge in [-0.2, -0.15) is 26.9 Å². The molecule has 0 fully saturated rings. The number of carboxylic acid groups (broad SMARTS) is 1. The summed E-state index contributed by atoms with van der Waals surface area (Å²) in [6, 6.07) is 4.55. The molecule has 0 unspecified atom stereocenters. The Morgan fingerprint density at radius 2 is 1.67 bits per heavy atom. The minimum Gasteiger partial charge on any atom is -0.478 e. The van der Waals surface area contributed by atoms with Crippen molar-refractivity contribution in [3.05, 3.63) is 35.7 Å². The molecule has 0 aliphatic rings. The maximum absolute atomic E-state index is 13.0. The van der Waals surface area contributed by atoms with Crippen LogP contribution < -0.4 is 0 Å². The van der Waals surface area contributed by atoms with Crippen LogP contribution in [0, 0.1) is 0 Å². The second kappa shape index (κ2) is 4.79. The Balaban J connectivity index is 2.34. The van der Waals surface area contributed by atoms with E-state index in [1.54, 1.807) is 0 Å². The molecule has 10 heteroatoms. The van der Waals surface area contributed by atoms with Crippen LogP contribution in [0.5, 0.6) is 0 Å². The monoisotopic (exact) mass is 308 g/mol. The number of carbonyl (C=O) groups is 1. The van der Waals surface area contributed by atoms with Gasteiger partial charge in [0.2, 0.25) is 5.82 Å². The molecular formula is C11H5F5N2O3. The summed E-state index contributed by atoms with van der Waals surface area (Å²) in [6.45, 7) is 0. The van der Waals surface area contributed by atoms with Gasteiger partial charge in [-0.25, -0.2) is 4.79 Å². The highest BCUT2D eigenvalue weighted by Crippen LogP contribution is 2.43. The molecule has 0 saturated heterocycles. The number of aromatic nitrogens is 2. The van der Waals surface area contributed by atoms with Crippen molar-refractivity contribution in [1.82, 2.24) is 10.1 Å². The van der Waals surface area contributed by atoms with Gasteiger partial charge in [0.05, 0.1) is 5.56 Å². The Morgan fingerprint density at radius 1 is 1.10 bits per heavy atom. The topological polar surface area (TPSA) is 76.2 Å². The molecule has 0 spiro atoms. The van der Waals surface area contributed by atoms with Crippen molar-refractivity contribution in [3.8, 4) is 11.4 Å². The van der Waals surface area contributed by atoms with Gasteiger partial charge in [-0.1, -0.05) is 17.3 Å². The van der Waals surface area contributed by atoms with Crippen molar-refractivity contribution < 1.29 is 36.4 Å². The average Bonchev–Trinajstić information content (AvgIpc) is 2.87. The minimum absolute atomic E-state index is 0.0352. The number of rotatable bonds is 3. The standard InChI is InChI=1S/C11H5F5N2O3/c12-10(13,11(14,15)16)9-17-7(18-21-9)5-1-3-6(4-2-5)8(19)20/h1-4H,(H,19,20). The van der Waals surface area contributed by atoms with Crippen molar-refractivity contribution in [3.63, 3.8) is 0 Å². The second-order valence-electron chi connectivity index (χ2n) is 3.88. The van der Waals surface area contributed by atoms with Crippen molar-refractivity contribution >= 4 is 5.97 Å². The van der Waals surface area contributed by atoms with Crippen molar-refractivity contribution in [2.24, 2.45) is 0 Å². The quantitative estimate of drug-likeness (QED) is 0.882. The molecule has 1 heterocycles. The maximum atomic E-state index is 13.0. The van der Waals surface area contributed by atoms with Gasteiger partial charge in [-0.05, 0) is 12.1 Å². The summed E-state index contributed by atoms with van der Waals surface area (Å²) in [4.78, 5) is 13.6. The van der Waals surface area contributed by atoms with Crippen molar-refractivity contribution in [2.45, 2.75) is 12.1 Å². The number of carboxylic acids is 1. The van der Waals surface area contributed by atoms with Crippen LogP contribution in [-0.4, -0.2) is 27.4 Å². The van der Waals surface area contributed by atoms with E-state index in [0.29, 0.717) is 0 Å². The van der Waals surface area contributed by atoms with E-state index in [-0.39, 0.29) is 11.1 Å². The first-order chi connectivity index (χ1) is 9.63. The van der Waals surface area contributed by atoms with Crippen LogP contribution in [-0.2, 0) is 5.92 Å². The van der Waals surface area contributed by atoms with Crippen LogP contribution in [0.2, 0.25) is 0 Å². The molecule has 5 nitrogen and oxygen atoms in total. The Labute approximate surface area is 113 Å². The molecule has 0 aliphatic heterocycles. The molecule has 0 aliphatic carbocycles. The fourth-order valence-electron chi connectivity index (χ4n) is 1.35. The Morgan fingerprint density at radius 3 is 2.14 bits per heavy atom. The number of aromatic carboxylic acids is 1. The highest BCUT2D eigenvalue weighted by molar-refractivity contribution is 5.88. The lowest BCUT2D eigenvalue weighted by Crippen LogP contribution is -2.33. The molecular weight excluding hydrogens is 303 g/mol. The van der Waals surface area contributed by atoms with Gasteiger partial charge in [0, 0.05) is 5.56 Å². The third-order valence-electron chi connectivity index (χ3n) is 2.44. The van der Waals surface area contributed by atoms with Crippen LogP contribution in [0.25, 0.3) is 11.4 Å². The largest absolute Gasteiger partial charge is 0.478 e. The zero-order valence-corrected chi connectivity index (χ0v) is 9.86. The Kier molecular flexibility index (Phi) is 3.39. The first kappa shape index (κ1) is 14.9. The third kappa shape index (κ3) is 2.69. The molecule has 2 aromatic rings. The van der Waals surface area contributed by atoms with E-state index in [1.165, 1.54) is 0 Å². The van der Waals surface area contributed by atoms with E-state index in [0.717, 1.165) is 24.3 Å². The average molecular weight is 308 g/mol. The lowest BCUT2D eigenvalue weighted by Gasteiger charge is -2.14. The third-order valence-corrected chi connectivity index (χ3v) is 2.44. The van der Waals surface area contributed by atoms with E-state index in [2.05, 4.69) is 14.7 Å². The number of alkyl halides is 5. The normalized spacial score (nSPS) is 12.4. The molecule has 1 aromatic heterocycles. The van der Waals surface area contributed by atoms with Gasteiger partial charge in [0.15, 0.2) is 0 Å². The van der Waals surface area contributed by atoms with Crippen LogP contribution in [0.3, 0.4) is 0 Å². The summed E-state index contributed by atoms with van der Waals surface area (Å²) >= 11 is 0. The summed E-state index contributed by atoms with van der Waals surface area (Å²) in [6.07, 6.45) is -5.86. The van der Waals surface area contributed by atoms with Crippen LogP contribution >= 0.6 is 0 Å². The molecule has 21 heavy (non-hydrogen) atoms. The summed E-state index contributed by atoms with van der Waals surface area (Å²) in [5, 5.41) is 11.7. The van der Waals surface area contributed by atoms with Crippen molar-refractivity contribution in [2.75, 3.05) is 0 Å². The Hall–Kier alpha value is -2.52. The van der Waals surface area contributed by atoms with Gasteiger partial charge < -0.3 is 9.63 Å². The van der Waals surface area contributed by atoms with Gasteiger partial charge in [0.1, 0.15) is 0 Å². The first-order valence-electron chi connectivity index (χ1n) is 5.25. The van der Waals surface area contributed by atoms with Gasteiger partial charge >= 0.3 is 24.0 Å². The zero-order valence-electron chi connectivity index (χ0n) is 9.86. The predicted molar refractivity (Wildman–Crippen MR) is 56.6 cm³/mol. The molecule has 0 saturated carbocycles. The predicted octanol–water partition coefficient (Wildman–Crippen LogP) is 3.09. The molecule has 1 aromatic carbocycles. The molecule has 0 amide bonds. The molecule has 2 rings (SSSR count). The number of hydrogen-bond donors (Lipinski definition) is 1. The molecule has 112 valence electrons. The van der Waals surface area contributed by atoms with Crippen LogP contribution in [0.1, 0.15) is 16.2 Å². The summed E-state index contributed by atoms with van der Waals surface area (Å²) in [5.74, 6) is -8.88. The highest BCUT2D eigenvalue weighted by Gasteiger charge is 2.63. The fourth-order valence-corrected chi connectivity index (χ4v) is 1.35. The maximum Gasteiger partial charge on any atom is 0.463 e. The van der Waals surface area contributed by atoms with Crippen LogP contribution in [0.15, 0.2) is 28.8 Å². The van der Waals surface area contributed by atoms with Gasteiger partial charge in [0.25, 0.3) is 0 Å². The van der Waals surface area contributed by atoms with Crippen LogP contribution in [0.4, 0.5) is 22.0 Å². The minimum atomic E-state index is -5.86. The molecule has 1 N–H and O–H groups in total. The second-order valence-corrected chi connectivity index (χ2v) is 3.88. The van der Waals surface area contributed by atoms with E-state index in [4.69, 9.17) is 5.11 Å². The van der Waals surface area contributed by atoms with Gasteiger partial charge in [-0.15, -0.1) is 0 Å². The van der Waals surface area contributed by atoms with E-state index < -0.39 is 29.8 Å². The number of hydrogen-bond acceptors (Lipinski definition) is 4. The van der Waals surface area contributed by atoms with E-state index in [9.17, 15) is 26.7 Å². The number of nitrogens with zero attached hydrogens (tertiary/aromatic N) is 2. The lowest BCUT2D eigenvalue weighted by atomic mass is 10.1. The number of benzene rings is 1. The lowest BCUT2D eigenvalue weighted by molar-refractivity contribution is -0.298. The smallest absolute Gasteiger partial charge is 0.463 e. The molecule has 0 atom stereocenters. The molecule has 0 radical (unpaired) electrons. The molecule has 0 bridgehead atoms. The van der Waals surface area contributed by atoms with E-state index in [1.807, 2.05) is 0 Å². The number of halogens is 5. The zero-order chi connectivity index (χ0) is 15.8. The summed E-state index contributed by atoms with van der Waals surface area (Å²) < 4.78 is 66.3. The van der Waals surface area contributed by atoms with E-state index >= 15 is 0 Å². The highest BCUT2D eigenvalue weighted by atomic mass is 19.4. The summed E-state index contributed by atoms with van der Waals surface area (Å²) in [5.41, 5.74) is -0.0592. The van der Waals surface area contributed by atoms with Gasteiger partial charge in [-0.3, -0.25) is 0 Å². The fraction of sp³-hybridized carbons (Fsp3) is 0.182. The SMILES string of the molecule is O=C(O)c1ccc(-c2noc(C(F)(F)C(F)(F)F)n2)cc1. The first-order valence-corrected chi connectivity index (χ1v) is 5.25.